The number of carbonyl (C=O) groups is 2. The highest BCUT2D eigenvalue weighted by atomic mass is 35.5. The van der Waals surface area contributed by atoms with Crippen LogP contribution in [0.2, 0.25) is 5.02 Å². The fraction of sp³-hybridized carbons (Fsp3) is 0.0588. The Hall–Kier alpha value is -3.19. The predicted molar refractivity (Wildman–Crippen MR) is 93.8 cm³/mol. The molecule has 2 rings (SSSR count). The first-order valence-electron chi connectivity index (χ1n) is 7.05. The number of nitrogens with one attached hydrogen (secondary N) is 1. The quantitative estimate of drug-likeness (QED) is 0.476. The van der Waals surface area contributed by atoms with E-state index in [1.54, 1.807) is 6.07 Å². The molecule has 25 heavy (non-hydrogen) atoms. The van der Waals surface area contributed by atoms with Crippen molar-refractivity contribution in [2.75, 3.05) is 5.32 Å². The highest BCUT2D eigenvalue weighted by Gasteiger charge is 2.12. The van der Waals surface area contributed by atoms with Crippen LogP contribution in [0.3, 0.4) is 0 Å². The molecule has 0 unspecified atom stereocenters. The van der Waals surface area contributed by atoms with Crippen LogP contribution in [0.1, 0.15) is 22.8 Å². The SMILES string of the molecule is C/C(=C\c1cccc([N+](=O)[O-])c1)C(=O)Nc1cc(C(=O)O)ccc1Cl. The monoisotopic (exact) mass is 360 g/mol. The normalized spacial score (nSPS) is 11.0. The van der Waals surface area contributed by atoms with Crippen LogP contribution in [0, 0.1) is 10.1 Å². The average molecular weight is 361 g/mol. The molecule has 0 heterocycles. The Morgan fingerprint density at radius 1 is 1.24 bits per heavy atom. The van der Waals surface area contributed by atoms with Crippen LogP contribution < -0.4 is 5.32 Å². The minimum Gasteiger partial charge on any atom is -0.478 e. The number of anilines is 1. The van der Waals surface area contributed by atoms with Gasteiger partial charge in [-0.25, -0.2) is 4.79 Å². The van der Waals surface area contributed by atoms with E-state index in [1.165, 1.54) is 49.4 Å². The van der Waals surface area contributed by atoms with E-state index >= 15 is 0 Å². The molecule has 7 nitrogen and oxygen atoms in total. The Balaban J connectivity index is 2.23. The molecule has 2 aromatic rings. The number of non-ortho nitro benzene ring substituents is 1. The van der Waals surface area contributed by atoms with Crippen molar-refractivity contribution in [1.82, 2.24) is 0 Å². The third-order valence-electron chi connectivity index (χ3n) is 3.28. The van der Waals surface area contributed by atoms with Crippen LogP contribution in [0.25, 0.3) is 6.08 Å². The highest BCUT2D eigenvalue weighted by molar-refractivity contribution is 6.34. The van der Waals surface area contributed by atoms with Crippen molar-refractivity contribution in [3.8, 4) is 0 Å². The van der Waals surface area contributed by atoms with Crippen LogP contribution in [0.5, 0.6) is 0 Å². The number of nitro benzene ring substituents is 1. The Bertz CT molecular complexity index is 892. The number of carboxylic acid groups (broad SMARTS) is 1. The predicted octanol–water partition coefficient (Wildman–Crippen LogP) is 3.99. The number of carboxylic acids is 1. The van der Waals surface area contributed by atoms with Crippen molar-refractivity contribution in [3.05, 3.63) is 74.3 Å². The summed E-state index contributed by atoms with van der Waals surface area (Å²) in [6.45, 7) is 1.53. The van der Waals surface area contributed by atoms with Crippen LogP contribution in [0.4, 0.5) is 11.4 Å². The number of carbonyl (C=O) groups excluding carboxylic acids is 1. The molecule has 8 heteroatoms. The second-order valence-corrected chi connectivity index (χ2v) is 5.54. The standard InChI is InChI=1S/C17H13ClN2O5/c1-10(7-11-3-2-4-13(8-11)20(24)25)16(21)19-15-9-12(17(22)23)5-6-14(15)18/h2-9H,1H3,(H,19,21)(H,22,23)/b10-7+. The smallest absolute Gasteiger partial charge is 0.335 e. The lowest BCUT2D eigenvalue weighted by atomic mass is 10.1. The van der Waals surface area contributed by atoms with Gasteiger partial charge in [-0.1, -0.05) is 23.7 Å². The van der Waals surface area contributed by atoms with Crippen LogP contribution >= 0.6 is 11.6 Å². The average Bonchev–Trinajstić information content (AvgIpc) is 2.56. The molecule has 0 spiro atoms. The van der Waals surface area contributed by atoms with Gasteiger partial charge in [-0.3, -0.25) is 14.9 Å². The molecule has 1 amide bonds. The topological polar surface area (TPSA) is 110 Å². The Labute approximate surface area is 147 Å². The van der Waals surface area contributed by atoms with Gasteiger partial charge in [0.15, 0.2) is 0 Å². The second-order valence-electron chi connectivity index (χ2n) is 5.13. The van der Waals surface area contributed by atoms with Gasteiger partial charge < -0.3 is 10.4 Å². The maximum Gasteiger partial charge on any atom is 0.335 e. The Morgan fingerprint density at radius 2 is 1.96 bits per heavy atom. The molecule has 2 aromatic carbocycles. The number of hydrogen-bond donors (Lipinski definition) is 2. The van der Waals surface area contributed by atoms with Gasteiger partial charge in [-0.05, 0) is 36.8 Å². The van der Waals surface area contributed by atoms with Crippen molar-refractivity contribution < 1.29 is 19.6 Å². The Kier molecular flexibility index (Phi) is 5.51. The molecule has 0 aromatic heterocycles. The maximum absolute atomic E-state index is 12.2. The van der Waals surface area contributed by atoms with Crippen LogP contribution in [-0.2, 0) is 4.79 Å². The lowest BCUT2D eigenvalue weighted by Crippen LogP contribution is -2.13. The van der Waals surface area contributed by atoms with Gasteiger partial charge in [0.1, 0.15) is 0 Å². The van der Waals surface area contributed by atoms with Gasteiger partial charge >= 0.3 is 5.97 Å². The molecular weight excluding hydrogens is 348 g/mol. The minimum atomic E-state index is -1.14. The molecular formula is C17H13ClN2O5. The summed E-state index contributed by atoms with van der Waals surface area (Å²) < 4.78 is 0. The van der Waals surface area contributed by atoms with E-state index in [2.05, 4.69) is 5.32 Å². The van der Waals surface area contributed by atoms with E-state index in [-0.39, 0.29) is 27.5 Å². The number of aromatic carboxylic acids is 1. The zero-order chi connectivity index (χ0) is 18.6. The molecule has 0 saturated heterocycles. The summed E-state index contributed by atoms with van der Waals surface area (Å²) >= 11 is 5.96. The molecule has 0 aliphatic rings. The largest absolute Gasteiger partial charge is 0.478 e. The van der Waals surface area contributed by atoms with E-state index in [9.17, 15) is 19.7 Å². The van der Waals surface area contributed by atoms with E-state index in [1.807, 2.05) is 0 Å². The van der Waals surface area contributed by atoms with Crippen molar-refractivity contribution in [1.29, 1.82) is 0 Å². The molecule has 0 atom stereocenters. The van der Waals surface area contributed by atoms with Gasteiger partial charge in [-0.15, -0.1) is 0 Å². The van der Waals surface area contributed by atoms with E-state index in [4.69, 9.17) is 16.7 Å². The van der Waals surface area contributed by atoms with Crippen molar-refractivity contribution in [2.45, 2.75) is 6.92 Å². The molecule has 0 bridgehead atoms. The number of nitro groups is 1. The summed E-state index contributed by atoms with van der Waals surface area (Å²) in [6.07, 6.45) is 1.48. The molecule has 0 aliphatic heterocycles. The molecule has 0 aliphatic carbocycles. The lowest BCUT2D eigenvalue weighted by Gasteiger charge is -2.08. The summed E-state index contributed by atoms with van der Waals surface area (Å²) in [7, 11) is 0. The van der Waals surface area contributed by atoms with Crippen molar-refractivity contribution in [3.63, 3.8) is 0 Å². The van der Waals surface area contributed by atoms with Gasteiger partial charge in [0.05, 0.1) is 21.2 Å². The van der Waals surface area contributed by atoms with E-state index in [0.717, 1.165) is 0 Å². The van der Waals surface area contributed by atoms with E-state index < -0.39 is 16.8 Å². The molecule has 0 saturated carbocycles. The van der Waals surface area contributed by atoms with E-state index in [0.29, 0.717) is 5.56 Å². The van der Waals surface area contributed by atoms with Gasteiger partial charge in [-0.2, -0.15) is 0 Å². The second kappa shape index (κ2) is 7.59. The van der Waals surface area contributed by atoms with Gasteiger partial charge in [0.2, 0.25) is 0 Å². The molecule has 0 radical (unpaired) electrons. The zero-order valence-corrected chi connectivity index (χ0v) is 13.8. The number of nitrogens with zero attached hydrogens (tertiary/aromatic N) is 1. The fourth-order valence-electron chi connectivity index (χ4n) is 2.02. The zero-order valence-electron chi connectivity index (χ0n) is 13.0. The maximum atomic E-state index is 12.2. The third kappa shape index (κ3) is 4.65. The number of halogens is 1. The van der Waals surface area contributed by atoms with Gasteiger partial charge in [0, 0.05) is 17.7 Å². The minimum absolute atomic E-state index is 0.0139. The molecule has 128 valence electrons. The lowest BCUT2D eigenvalue weighted by molar-refractivity contribution is -0.384. The molecule has 2 N–H and O–H groups in total. The first kappa shape index (κ1) is 18.2. The molecule has 0 fully saturated rings. The number of hydrogen-bond acceptors (Lipinski definition) is 4. The van der Waals surface area contributed by atoms with Crippen molar-refractivity contribution in [2.24, 2.45) is 0 Å². The number of amides is 1. The highest BCUT2D eigenvalue weighted by Crippen LogP contribution is 2.24. The summed E-state index contributed by atoms with van der Waals surface area (Å²) in [6, 6.07) is 9.79. The fourth-order valence-corrected chi connectivity index (χ4v) is 2.18. The van der Waals surface area contributed by atoms with Crippen LogP contribution in [0.15, 0.2) is 48.0 Å². The third-order valence-corrected chi connectivity index (χ3v) is 3.61. The first-order valence-corrected chi connectivity index (χ1v) is 7.42. The number of benzene rings is 2. The Morgan fingerprint density at radius 3 is 2.60 bits per heavy atom. The van der Waals surface area contributed by atoms with Crippen LogP contribution in [-0.4, -0.2) is 21.9 Å². The van der Waals surface area contributed by atoms with Gasteiger partial charge in [0.25, 0.3) is 11.6 Å². The van der Waals surface area contributed by atoms with Crippen molar-refractivity contribution >= 4 is 40.9 Å². The summed E-state index contributed by atoms with van der Waals surface area (Å²) in [5, 5.41) is 22.5. The summed E-state index contributed by atoms with van der Waals surface area (Å²) in [5.74, 6) is -1.65. The number of rotatable bonds is 5. The first-order chi connectivity index (χ1) is 11.8. The summed E-state index contributed by atoms with van der Waals surface area (Å²) in [5.41, 5.74) is 0.835. The summed E-state index contributed by atoms with van der Waals surface area (Å²) in [4.78, 5) is 33.5.